The van der Waals surface area contributed by atoms with Crippen LogP contribution in [0.2, 0.25) is 0 Å². The molecule has 1 aliphatic carbocycles. The van der Waals surface area contributed by atoms with Gasteiger partial charge in [0.05, 0.1) is 48.8 Å². The molecule has 0 spiro atoms. The monoisotopic (exact) mass is 531 g/mol. The Labute approximate surface area is 210 Å². The van der Waals surface area contributed by atoms with Gasteiger partial charge < -0.3 is 9.47 Å². The fraction of sp³-hybridized carbons (Fsp3) is 0.292. The largest absolute Gasteiger partial charge is 0.480 e. The Morgan fingerprint density at radius 1 is 1.00 bits per heavy atom. The van der Waals surface area contributed by atoms with E-state index in [1.807, 2.05) is 0 Å². The van der Waals surface area contributed by atoms with Crippen LogP contribution >= 0.6 is 0 Å². The zero-order valence-corrected chi connectivity index (χ0v) is 19.9. The van der Waals surface area contributed by atoms with Crippen LogP contribution in [0, 0.1) is 11.8 Å². The van der Waals surface area contributed by atoms with Crippen molar-refractivity contribution in [2.24, 2.45) is 0 Å². The van der Waals surface area contributed by atoms with Crippen LogP contribution in [0.25, 0.3) is 27.8 Å². The number of aromatic nitrogens is 7. The van der Waals surface area contributed by atoms with Gasteiger partial charge in [0.25, 0.3) is 0 Å². The summed E-state index contributed by atoms with van der Waals surface area (Å²) in [6, 6.07) is 4.61. The maximum Gasteiger partial charge on any atom is 0.408 e. The summed E-state index contributed by atoms with van der Waals surface area (Å²) in [4.78, 5) is 12.4. The van der Waals surface area contributed by atoms with Crippen molar-refractivity contribution in [2.45, 2.75) is 31.0 Å². The summed E-state index contributed by atoms with van der Waals surface area (Å²) in [7, 11) is 2.81. The second kappa shape index (κ2) is 8.60. The van der Waals surface area contributed by atoms with E-state index in [-0.39, 0.29) is 40.3 Å². The average Bonchev–Trinajstić information content (AvgIpc) is 3.47. The van der Waals surface area contributed by atoms with Gasteiger partial charge in [-0.3, -0.25) is 4.68 Å². The highest BCUT2D eigenvalue weighted by Gasteiger charge is 2.42. The van der Waals surface area contributed by atoms with E-state index in [9.17, 15) is 22.0 Å². The summed E-state index contributed by atoms with van der Waals surface area (Å²) in [5.41, 5.74) is 2.15. The molecule has 0 aliphatic heterocycles. The third-order valence-electron chi connectivity index (χ3n) is 6.52. The fourth-order valence-electron chi connectivity index (χ4n) is 4.72. The zero-order valence-electron chi connectivity index (χ0n) is 19.9. The minimum Gasteiger partial charge on any atom is -0.480 e. The Morgan fingerprint density at radius 3 is 2.55 bits per heavy atom. The number of halogens is 5. The standard InChI is InChI=1S/C24H18F5N7O2/c1-37-22-16(7-31-23(33-22)38-2)18-6-14(21-30-9-20(26)36(21)34-18)13-5-12(13)11-3-17(25)15-8-32-35(19(15)4-11)10-24(27,28)29/h3-4,6-9,12-13H,5,10H2,1-2H3/t12-,13?/m1/s1. The lowest BCUT2D eigenvalue weighted by Gasteiger charge is -2.11. The van der Waals surface area contributed by atoms with Crippen LogP contribution in [0.5, 0.6) is 11.9 Å². The number of fused-ring (bicyclic) bond motifs is 2. The first-order valence-corrected chi connectivity index (χ1v) is 11.4. The van der Waals surface area contributed by atoms with Crippen LogP contribution < -0.4 is 9.47 Å². The highest BCUT2D eigenvalue weighted by atomic mass is 19.4. The number of imidazole rings is 1. The molecule has 4 heterocycles. The van der Waals surface area contributed by atoms with Crippen LogP contribution in [0.1, 0.15) is 29.4 Å². The molecule has 0 saturated heterocycles. The minimum atomic E-state index is -4.51. The molecular formula is C24H18F5N7O2. The average molecular weight is 531 g/mol. The summed E-state index contributed by atoms with van der Waals surface area (Å²) in [6.45, 7) is -1.33. The molecular weight excluding hydrogens is 513 g/mol. The van der Waals surface area contributed by atoms with Crippen molar-refractivity contribution in [3.8, 4) is 23.1 Å². The van der Waals surface area contributed by atoms with Gasteiger partial charge in [-0.2, -0.15) is 37.3 Å². The molecule has 9 nitrogen and oxygen atoms in total. The van der Waals surface area contributed by atoms with E-state index in [0.717, 1.165) is 21.6 Å². The zero-order chi connectivity index (χ0) is 26.8. The number of methoxy groups -OCH3 is 2. The first-order valence-electron chi connectivity index (χ1n) is 11.4. The molecule has 1 fully saturated rings. The summed E-state index contributed by atoms with van der Waals surface area (Å²) >= 11 is 0. The Kier molecular flexibility index (Phi) is 5.43. The molecule has 5 aromatic rings. The van der Waals surface area contributed by atoms with Gasteiger partial charge in [-0.1, -0.05) is 0 Å². The van der Waals surface area contributed by atoms with Gasteiger partial charge in [0, 0.05) is 11.8 Å². The van der Waals surface area contributed by atoms with Crippen molar-refractivity contribution in [2.75, 3.05) is 14.2 Å². The van der Waals surface area contributed by atoms with E-state index >= 15 is 0 Å². The summed E-state index contributed by atoms with van der Waals surface area (Å²) in [5.74, 6) is -1.66. The first kappa shape index (κ1) is 24.0. The lowest BCUT2D eigenvalue weighted by molar-refractivity contribution is -0.141. The number of hydrogen-bond acceptors (Lipinski definition) is 7. The van der Waals surface area contributed by atoms with Gasteiger partial charge in [-0.15, -0.1) is 0 Å². The minimum absolute atomic E-state index is 0.00529. The lowest BCUT2D eigenvalue weighted by atomic mass is 10.0. The molecule has 4 aromatic heterocycles. The van der Waals surface area contributed by atoms with Gasteiger partial charge in [0.1, 0.15) is 12.4 Å². The van der Waals surface area contributed by atoms with Crippen molar-refractivity contribution in [1.82, 2.24) is 34.3 Å². The van der Waals surface area contributed by atoms with E-state index in [0.29, 0.717) is 28.8 Å². The van der Waals surface area contributed by atoms with Gasteiger partial charge in [-0.25, -0.2) is 14.4 Å². The van der Waals surface area contributed by atoms with Crippen LogP contribution in [0.3, 0.4) is 0 Å². The quantitative estimate of drug-likeness (QED) is 0.294. The number of rotatable bonds is 6. The number of benzene rings is 1. The van der Waals surface area contributed by atoms with Crippen LogP contribution in [0.15, 0.2) is 36.8 Å². The second-order valence-corrected chi connectivity index (χ2v) is 8.88. The van der Waals surface area contributed by atoms with Crippen molar-refractivity contribution in [1.29, 1.82) is 0 Å². The summed E-state index contributed by atoms with van der Waals surface area (Å²) < 4.78 is 80.6. The molecule has 1 saturated carbocycles. The maximum atomic E-state index is 14.8. The predicted octanol–water partition coefficient (Wildman–Crippen LogP) is 4.66. The van der Waals surface area contributed by atoms with Crippen molar-refractivity contribution in [3.05, 3.63) is 59.7 Å². The van der Waals surface area contributed by atoms with E-state index in [4.69, 9.17) is 9.47 Å². The summed E-state index contributed by atoms with van der Waals surface area (Å²) in [5, 5.41) is 8.05. The number of hydrogen-bond donors (Lipinski definition) is 0. The molecule has 1 aliphatic rings. The normalized spacial score (nSPS) is 17.3. The second-order valence-electron chi connectivity index (χ2n) is 8.88. The third kappa shape index (κ3) is 4.05. The SMILES string of the molecule is COc1ncc(-c2cc(C3C[C@@H]3c3cc(F)c4cnn(CC(F)(F)F)c4c3)c3ncc(F)n3n2)c(OC)n1. The Balaban J connectivity index is 1.42. The molecule has 1 unspecified atom stereocenters. The predicted molar refractivity (Wildman–Crippen MR) is 123 cm³/mol. The highest BCUT2D eigenvalue weighted by molar-refractivity contribution is 5.80. The van der Waals surface area contributed by atoms with E-state index in [2.05, 4.69) is 25.1 Å². The van der Waals surface area contributed by atoms with Gasteiger partial charge in [0.15, 0.2) is 5.65 Å². The molecule has 38 heavy (non-hydrogen) atoms. The Bertz CT molecular complexity index is 1700. The molecule has 0 bridgehead atoms. The van der Waals surface area contributed by atoms with Crippen molar-refractivity contribution < 1.29 is 31.4 Å². The molecule has 0 amide bonds. The van der Waals surface area contributed by atoms with Gasteiger partial charge in [0.2, 0.25) is 11.8 Å². The Morgan fingerprint density at radius 2 is 1.82 bits per heavy atom. The maximum absolute atomic E-state index is 14.8. The molecule has 1 aromatic carbocycles. The lowest BCUT2D eigenvalue weighted by Crippen LogP contribution is -2.18. The number of nitrogens with zero attached hydrogens (tertiary/aromatic N) is 7. The van der Waals surface area contributed by atoms with Gasteiger partial charge in [-0.05, 0) is 42.0 Å². The van der Waals surface area contributed by atoms with Crippen molar-refractivity contribution >= 4 is 16.6 Å². The highest BCUT2D eigenvalue weighted by Crippen LogP contribution is 2.56. The van der Waals surface area contributed by atoms with E-state index in [1.54, 1.807) is 6.07 Å². The van der Waals surface area contributed by atoms with E-state index < -0.39 is 24.5 Å². The first-order chi connectivity index (χ1) is 18.2. The number of alkyl halides is 3. The molecule has 0 radical (unpaired) electrons. The molecule has 6 rings (SSSR count). The molecule has 2 atom stereocenters. The topological polar surface area (TPSA) is 92.3 Å². The Hall–Kier alpha value is -4.36. The van der Waals surface area contributed by atoms with Gasteiger partial charge >= 0.3 is 12.2 Å². The fourth-order valence-corrected chi connectivity index (χ4v) is 4.72. The van der Waals surface area contributed by atoms with Crippen LogP contribution in [0.4, 0.5) is 22.0 Å². The third-order valence-corrected chi connectivity index (χ3v) is 6.52. The summed E-state index contributed by atoms with van der Waals surface area (Å²) in [6.07, 6.45) is -0.407. The molecule has 0 N–H and O–H groups in total. The van der Waals surface area contributed by atoms with Crippen molar-refractivity contribution in [3.63, 3.8) is 0 Å². The molecule has 14 heteroatoms. The number of ether oxygens (including phenoxy) is 2. The van der Waals surface area contributed by atoms with Crippen LogP contribution in [-0.4, -0.2) is 54.7 Å². The van der Waals surface area contributed by atoms with Crippen LogP contribution in [-0.2, 0) is 6.54 Å². The smallest absolute Gasteiger partial charge is 0.408 e. The molecule has 196 valence electrons. The van der Waals surface area contributed by atoms with E-state index in [1.165, 1.54) is 32.5 Å².